The molecule has 1 heterocycles. The van der Waals surface area contributed by atoms with E-state index in [0.717, 1.165) is 25.8 Å². The molecular weight excluding hydrogens is 376 g/mol. The topological polar surface area (TPSA) is 72.8 Å². The van der Waals surface area contributed by atoms with Gasteiger partial charge in [0, 0.05) is 6.54 Å². The summed E-state index contributed by atoms with van der Waals surface area (Å²) >= 11 is 0. The van der Waals surface area contributed by atoms with E-state index in [1.54, 1.807) is 0 Å². The molecule has 30 heavy (non-hydrogen) atoms. The van der Waals surface area contributed by atoms with Crippen molar-refractivity contribution >= 4 is 5.91 Å². The summed E-state index contributed by atoms with van der Waals surface area (Å²) in [7, 11) is 0. The number of hydrogen-bond acceptors (Lipinski definition) is 4. The lowest BCUT2D eigenvalue weighted by Gasteiger charge is -2.43. The fourth-order valence-electron chi connectivity index (χ4n) is 5.93. The maximum atomic E-state index is 13.2. The summed E-state index contributed by atoms with van der Waals surface area (Å²) in [5.74, 6) is 0.721. The van der Waals surface area contributed by atoms with Crippen LogP contribution in [0.5, 0.6) is 0 Å². The van der Waals surface area contributed by atoms with E-state index in [0.29, 0.717) is 38.3 Å². The molecule has 1 amide bonds. The lowest BCUT2D eigenvalue weighted by Crippen LogP contribution is -2.49. The monoisotopic (exact) mass is 414 g/mol. The average Bonchev–Trinajstić information content (AvgIpc) is 2.78. The molecule has 3 N–H and O–H groups in total. The molecule has 166 valence electrons. The Morgan fingerprint density at radius 1 is 1.10 bits per heavy atom. The molecule has 0 bridgehead atoms. The van der Waals surface area contributed by atoms with Crippen molar-refractivity contribution in [2.75, 3.05) is 19.6 Å². The fourth-order valence-corrected chi connectivity index (χ4v) is 5.93. The van der Waals surface area contributed by atoms with Crippen molar-refractivity contribution in [2.45, 2.75) is 88.4 Å². The van der Waals surface area contributed by atoms with E-state index in [1.165, 1.54) is 43.2 Å². The van der Waals surface area contributed by atoms with E-state index in [9.17, 15) is 15.0 Å². The third-order valence-electron chi connectivity index (χ3n) is 7.72. The van der Waals surface area contributed by atoms with Crippen molar-refractivity contribution in [1.29, 1.82) is 0 Å². The largest absolute Gasteiger partial charge is 0.390 e. The minimum atomic E-state index is -0.997. The van der Waals surface area contributed by atoms with Gasteiger partial charge in [-0.1, -0.05) is 56.4 Å². The van der Waals surface area contributed by atoms with Crippen LogP contribution in [0.15, 0.2) is 24.3 Å². The van der Waals surface area contributed by atoms with Crippen LogP contribution in [0.2, 0.25) is 0 Å². The van der Waals surface area contributed by atoms with Crippen LogP contribution in [0.25, 0.3) is 0 Å². The summed E-state index contributed by atoms with van der Waals surface area (Å²) < 4.78 is 0. The lowest BCUT2D eigenvalue weighted by atomic mass is 9.77. The number of carbonyl (C=O) groups excluding carboxylic acids is 1. The van der Waals surface area contributed by atoms with Gasteiger partial charge < -0.3 is 20.4 Å². The normalized spacial score (nSPS) is 30.1. The third kappa shape index (κ3) is 4.74. The number of fused-ring (bicyclic) bond motifs is 1. The molecule has 4 rings (SSSR count). The highest BCUT2D eigenvalue weighted by molar-refractivity contribution is 5.79. The van der Waals surface area contributed by atoms with Crippen LogP contribution in [0, 0.1) is 5.92 Å². The second-order valence-electron chi connectivity index (χ2n) is 9.67. The first-order chi connectivity index (χ1) is 14.6. The van der Waals surface area contributed by atoms with Gasteiger partial charge in [0.05, 0.1) is 24.3 Å². The highest BCUT2D eigenvalue weighted by Gasteiger charge is 2.38. The maximum Gasteiger partial charge on any atom is 0.237 e. The Hall–Kier alpha value is -1.43. The van der Waals surface area contributed by atoms with E-state index in [4.69, 9.17) is 0 Å². The van der Waals surface area contributed by atoms with E-state index in [-0.39, 0.29) is 11.9 Å². The van der Waals surface area contributed by atoms with Crippen LogP contribution < -0.4 is 5.32 Å². The van der Waals surface area contributed by atoms with Gasteiger partial charge in [-0.05, 0) is 62.1 Å². The van der Waals surface area contributed by atoms with Crippen LogP contribution in [0.1, 0.15) is 81.4 Å². The van der Waals surface area contributed by atoms with Crippen molar-refractivity contribution in [1.82, 2.24) is 10.2 Å². The van der Waals surface area contributed by atoms with Crippen LogP contribution in [-0.2, 0) is 11.2 Å². The van der Waals surface area contributed by atoms with Gasteiger partial charge in [-0.25, -0.2) is 0 Å². The van der Waals surface area contributed by atoms with Gasteiger partial charge in [-0.15, -0.1) is 0 Å². The third-order valence-corrected chi connectivity index (χ3v) is 7.72. The highest BCUT2D eigenvalue weighted by Crippen LogP contribution is 2.42. The number of aliphatic hydroxyl groups excluding tert-OH is 1. The van der Waals surface area contributed by atoms with Crippen LogP contribution in [0.3, 0.4) is 0 Å². The van der Waals surface area contributed by atoms with Crippen molar-refractivity contribution in [3.8, 4) is 0 Å². The number of aliphatic hydroxyl groups is 2. The van der Waals surface area contributed by atoms with Crippen molar-refractivity contribution in [3.05, 3.63) is 35.4 Å². The Kier molecular flexibility index (Phi) is 7.12. The molecular formula is C25H38N2O3. The average molecular weight is 415 g/mol. The number of nitrogens with one attached hydrogen (secondary N) is 1. The molecule has 1 unspecified atom stereocenters. The summed E-state index contributed by atoms with van der Waals surface area (Å²) in [6.07, 6.45) is 10.3. The Labute approximate surface area is 180 Å². The SMILES string of the molecule is O=C(CNCC[C@@]1(O)CCCC[C@@H]1O)N1CCc2ccccc2C1C1CCCCC1. The van der Waals surface area contributed by atoms with Gasteiger partial charge in [-0.2, -0.15) is 0 Å². The first-order valence-electron chi connectivity index (χ1n) is 12.1. The van der Waals surface area contributed by atoms with Gasteiger partial charge in [0.1, 0.15) is 0 Å². The highest BCUT2D eigenvalue weighted by atomic mass is 16.3. The first kappa shape index (κ1) is 21.8. The predicted molar refractivity (Wildman–Crippen MR) is 118 cm³/mol. The number of benzene rings is 1. The summed E-state index contributed by atoms with van der Waals surface area (Å²) in [4.78, 5) is 15.3. The Morgan fingerprint density at radius 2 is 1.87 bits per heavy atom. The van der Waals surface area contributed by atoms with Gasteiger partial charge in [0.25, 0.3) is 0 Å². The zero-order valence-electron chi connectivity index (χ0n) is 18.2. The van der Waals surface area contributed by atoms with E-state index >= 15 is 0 Å². The molecule has 0 saturated heterocycles. The minimum absolute atomic E-state index is 0.163. The smallest absolute Gasteiger partial charge is 0.237 e. The molecule has 2 saturated carbocycles. The molecule has 1 aromatic rings. The lowest BCUT2D eigenvalue weighted by molar-refractivity contribution is -0.135. The quantitative estimate of drug-likeness (QED) is 0.624. The van der Waals surface area contributed by atoms with Crippen LogP contribution in [-0.4, -0.2) is 52.4 Å². The van der Waals surface area contributed by atoms with Crippen molar-refractivity contribution < 1.29 is 15.0 Å². The van der Waals surface area contributed by atoms with Gasteiger partial charge in [0.15, 0.2) is 0 Å². The molecule has 0 spiro atoms. The molecule has 3 atom stereocenters. The molecule has 5 nitrogen and oxygen atoms in total. The summed E-state index contributed by atoms with van der Waals surface area (Å²) in [6, 6.07) is 8.87. The molecule has 5 heteroatoms. The molecule has 2 fully saturated rings. The van der Waals surface area contributed by atoms with Crippen LogP contribution in [0.4, 0.5) is 0 Å². The predicted octanol–water partition coefficient (Wildman–Crippen LogP) is 3.34. The molecule has 1 aliphatic heterocycles. The van der Waals surface area contributed by atoms with Gasteiger partial charge in [-0.3, -0.25) is 4.79 Å². The zero-order chi connectivity index (χ0) is 21.0. The number of nitrogens with zero attached hydrogens (tertiary/aromatic N) is 1. The Balaban J connectivity index is 1.37. The minimum Gasteiger partial charge on any atom is -0.390 e. The molecule has 2 aliphatic carbocycles. The number of carbonyl (C=O) groups is 1. The molecule has 0 radical (unpaired) electrons. The Bertz CT molecular complexity index is 718. The number of rotatable bonds is 6. The van der Waals surface area contributed by atoms with E-state index < -0.39 is 11.7 Å². The maximum absolute atomic E-state index is 13.2. The number of hydrogen-bond donors (Lipinski definition) is 3. The van der Waals surface area contributed by atoms with Crippen molar-refractivity contribution in [3.63, 3.8) is 0 Å². The second-order valence-corrected chi connectivity index (χ2v) is 9.67. The fraction of sp³-hybridized carbons (Fsp3) is 0.720. The second kappa shape index (κ2) is 9.80. The first-order valence-corrected chi connectivity index (χ1v) is 12.1. The standard InChI is InChI=1S/C25H38N2O3/c28-22-12-6-7-14-25(22,30)15-16-26-18-23(29)27-17-13-19-8-4-5-11-21(19)24(27)20-9-2-1-3-10-20/h4-5,8,11,20,22,24,26,28,30H,1-3,6-7,9-10,12-18H2/t22-,24?,25-/m0/s1. The van der Waals surface area contributed by atoms with E-state index in [1.807, 2.05) is 0 Å². The molecule has 0 aromatic heterocycles. The van der Waals surface area contributed by atoms with Gasteiger partial charge >= 0.3 is 0 Å². The Morgan fingerprint density at radius 3 is 2.67 bits per heavy atom. The van der Waals surface area contributed by atoms with E-state index in [2.05, 4.69) is 34.5 Å². The van der Waals surface area contributed by atoms with Crippen molar-refractivity contribution in [2.24, 2.45) is 5.92 Å². The van der Waals surface area contributed by atoms with Crippen LogP contribution >= 0.6 is 0 Å². The zero-order valence-corrected chi connectivity index (χ0v) is 18.2. The summed E-state index contributed by atoms with van der Waals surface area (Å²) in [5.41, 5.74) is 1.76. The van der Waals surface area contributed by atoms with Gasteiger partial charge in [0.2, 0.25) is 5.91 Å². The number of amides is 1. The summed E-state index contributed by atoms with van der Waals surface area (Å²) in [5, 5.41) is 24.1. The molecule has 3 aliphatic rings. The summed E-state index contributed by atoms with van der Waals surface area (Å²) in [6.45, 7) is 1.65. The molecule has 1 aromatic carbocycles.